The van der Waals surface area contributed by atoms with Crippen molar-refractivity contribution in [2.45, 2.75) is 26.7 Å². The van der Waals surface area contributed by atoms with Crippen LogP contribution in [0.5, 0.6) is 0 Å². The van der Waals surface area contributed by atoms with E-state index in [-0.39, 0.29) is 0 Å². The fraction of sp³-hybridized carbons (Fsp3) is 0.467. The lowest BCUT2D eigenvalue weighted by Crippen LogP contribution is -2.28. The number of anilines is 1. The van der Waals surface area contributed by atoms with E-state index in [1.807, 2.05) is 31.2 Å². The minimum Gasteiger partial charge on any atom is -0.354 e. The summed E-state index contributed by atoms with van der Waals surface area (Å²) in [4.78, 5) is 11.6. The lowest BCUT2D eigenvalue weighted by molar-refractivity contribution is 0.723. The normalized spacial score (nSPS) is 10.9. The minimum atomic E-state index is 0.609. The molecule has 4 heteroatoms. The van der Waals surface area contributed by atoms with E-state index in [4.69, 9.17) is 16.6 Å². The molecule has 3 nitrogen and oxygen atoms in total. The zero-order valence-corrected chi connectivity index (χ0v) is 12.3. The Kier molecular flexibility index (Phi) is 4.97. The van der Waals surface area contributed by atoms with Crippen LogP contribution in [0.15, 0.2) is 24.3 Å². The van der Waals surface area contributed by atoms with Gasteiger partial charge in [0.2, 0.25) is 0 Å². The molecule has 1 aromatic carbocycles. The highest BCUT2D eigenvalue weighted by molar-refractivity contribution is 6.18. The summed E-state index contributed by atoms with van der Waals surface area (Å²) in [7, 11) is 0. The number of aryl methyl sites for hydroxylation is 1. The van der Waals surface area contributed by atoms with Crippen LogP contribution in [0.3, 0.4) is 0 Å². The minimum absolute atomic E-state index is 0.609. The number of hydrogen-bond donors (Lipinski definition) is 0. The number of alkyl halides is 1. The van der Waals surface area contributed by atoms with Gasteiger partial charge in [-0.3, -0.25) is 0 Å². The molecule has 0 N–H and O–H groups in total. The fourth-order valence-electron chi connectivity index (χ4n) is 2.15. The Balaban J connectivity index is 2.37. The van der Waals surface area contributed by atoms with Crippen molar-refractivity contribution in [1.29, 1.82) is 0 Å². The predicted octanol–water partition coefficient (Wildman–Crippen LogP) is 3.78. The summed E-state index contributed by atoms with van der Waals surface area (Å²) in [5.74, 6) is 1.57. The van der Waals surface area contributed by atoms with E-state index >= 15 is 0 Å². The number of rotatable bonds is 6. The Hall–Kier alpha value is -1.35. The van der Waals surface area contributed by atoms with Crippen LogP contribution in [0.25, 0.3) is 11.0 Å². The molecular formula is C15H20ClN3. The smallest absolute Gasteiger partial charge is 0.150 e. The molecule has 1 aromatic heterocycles. The van der Waals surface area contributed by atoms with Gasteiger partial charge in [0.25, 0.3) is 0 Å². The Bertz CT molecular complexity index is 542. The summed E-state index contributed by atoms with van der Waals surface area (Å²) < 4.78 is 0. The number of halogens is 1. The quantitative estimate of drug-likeness (QED) is 0.753. The molecule has 19 heavy (non-hydrogen) atoms. The summed E-state index contributed by atoms with van der Waals surface area (Å²) in [6, 6.07) is 7.98. The highest BCUT2D eigenvalue weighted by Gasteiger charge is 2.12. The summed E-state index contributed by atoms with van der Waals surface area (Å²) >= 11 is 5.91. The number of aromatic nitrogens is 2. The Morgan fingerprint density at radius 3 is 2.42 bits per heavy atom. The van der Waals surface area contributed by atoms with Crippen molar-refractivity contribution in [3.05, 3.63) is 30.0 Å². The van der Waals surface area contributed by atoms with Crippen LogP contribution in [0.2, 0.25) is 0 Å². The van der Waals surface area contributed by atoms with Crippen LogP contribution < -0.4 is 4.90 Å². The average Bonchev–Trinajstić information content (AvgIpc) is 2.43. The van der Waals surface area contributed by atoms with Gasteiger partial charge in [0.1, 0.15) is 0 Å². The highest BCUT2D eigenvalue weighted by atomic mass is 35.5. The molecule has 0 saturated carbocycles. The first-order valence-electron chi connectivity index (χ1n) is 6.80. The van der Waals surface area contributed by atoms with Gasteiger partial charge < -0.3 is 4.90 Å². The van der Waals surface area contributed by atoms with Crippen molar-refractivity contribution in [3.63, 3.8) is 0 Å². The maximum absolute atomic E-state index is 5.91. The number of nitrogens with zero attached hydrogens (tertiary/aromatic N) is 3. The third-order valence-electron chi connectivity index (χ3n) is 3.16. The first-order chi connectivity index (χ1) is 9.26. The van der Waals surface area contributed by atoms with E-state index in [2.05, 4.69) is 16.8 Å². The van der Waals surface area contributed by atoms with E-state index in [0.29, 0.717) is 5.88 Å². The summed E-state index contributed by atoms with van der Waals surface area (Å²) in [6.45, 7) is 6.01. The third kappa shape index (κ3) is 3.35. The standard InChI is InChI=1S/C15H20ClN3/c1-3-4-10-19(11-9-16)15-12(2)17-13-7-5-6-8-14(13)18-15/h5-8H,3-4,9-11H2,1-2H3. The van der Waals surface area contributed by atoms with Crippen LogP contribution >= 0.6 is 11.6 Å². The van der Waals surface area contributed by atoms with Gasteiger partial charge in [-0.25, -0.2) is 9.97 Å². The molecule has 0 saturated heterocycles. The molecule has 2 rings (SSSR count). The van der Waals surface area contributed by atoms with Crippen molar-refractivity contribution < 1.29 is 0 Å². The van der Waals surface area contributed by atoms with Gasteiger partial charge >= 0.3 is 0 Å². The van der Waals surface area contributed by atoms with Crippen LogP contribution in [-0.4, -0.2) is 28.9 Å². The molecule has 0 fully saturated rings. The zero-order chi connectivity index (χ0) is 13.7. The van der Waals surface area contributed by atoms with Gasteiger partial charge in [-0.1, -0.05) is 25.5 Å². The fourth-order valence-corrected chi connectivity index (χ4v) is 2.36. The van der Waals surface area contributed by atoms with Gasteiger partial charge in [0, 0.05) is 19.0 Å². The molecular weight excluding hydrogens is 258 g/mol. The van der Waals surface area contributed by atoms with Crippen molar-refractivity contribution in [1.82, 2.24) is 9.97 Å². The molecule has 0 bridgehead atoms. The summed E-state index contributed by atoms with van der Waals surface area (Å²) in [5.41, 5.74) is 2.86. The SMILES string of the molecule is CCCCN(CCCl)c1nc2ccccc2nc1C. The number of fused-ring (bicyclic) bond motifs is 1. The second-order valence-corrected chi connectivity index (χ2v) is 5.03. The molecule has 0 unspecified atom stereocenters. The van der Waals surface area contributed by atoms with Gasteiger partial charge in [-0.15, -0.1) is 11.6 Å². The van der Waals surface area contributed by atoms with Crippen LogP contribution in [0.4, 0.5) is 5.82 Å². The lowest BCUT2D eigenvalue weighted by atomic mass is 10.2. The summed E-state index contributed by atoms with van der Waals surface area (Å²) in [6.07, 6.45) is 2.31. The highest BCUT2D eigenvalue weighted by Crippen LogP contribution is 2.20. The molecule has 102 valence electrons. The topological polar surface area (TPSA) is 29.0 Å². The number of benzene rings is 1. The zero-order valence-electron chi connectivity index (χ0n) is 11.6. The molecule has 0 atom stereocenters. The van der Waals surface area contributed by atoms with E-state index < -0.39 is 0 Å². The number of unbranched alkanes of at least 4 members (excludes halogenated alkanes) is 1. The first-order valence-corrected chi connectivity index (χ1v) is 7.34. The van der Waals surface area contributed by atoms with Crippen molar-refractivity contribution in [2.75, 3.05) is 23.9 Å². The molecule has 0 aliphatic carbocycles. The maximum Gasteiger partial charge on any atom is 0.150 e. The first kappa shape index (κ1) is 14.1. The third-order valence-corrected chi connectivity index (χ3v) is 3.32. The van der Waals surface area contributed by atoms with Crippen LogP contribution in [0, 0.1) is 6.92 Å². The monoisotopic (exact) mass is 277 g/mol. The average molecular weight is 278 g/mol. The van der Waals surface area contributed by atoms with E-state index in [9.17, 15) is 0 Å². The van der Waals surface area contributed by atoms with Crippen molar-refractivity contribution >= 4 is 28.5 Å². The Labute approximate surface area is 119 Å². The van der Waals surface area contributed by atoms with Crippen LogP contribution in [0.1, 0.15) is 25.5 Å². The Morgan fingerprint density at radius 1 is 1.11 bits per heavy atom. The number of hydrogen-bond acceptors (Lipinski definition) is 3. The molecule has 0 aliphatic heterocycles. The van der Waals surface area contributed by atoms with Crippen LogP contribution in [-0.2, 0) is 0 Å². The van der Waals surface area contributed by atoms with E-state index in [1.54, 1.807) is 0 Å². The second-order valence-electron chi connectivity index (χ2n) is 4.65. The maximum atomic E-state index is 5.91. The molecule has 0 aliphatic rings. The summed E-state index contributed by atoms with van der Waals surface area (Å²) in [5, 5.41) is 0. The van der Waals surface area contributed by atoms with Crippen molar-refractivity contribution in [2.24, 2.45) is 0 Å². The van der Waals surface area contributed by atoms with Crippen molar-refractivity contribution in [3.8, 4) is 0 Å². The molecule has 2 aromatic rings. The molecule has 0 radical (unpaired) electrons. The predicted molar refractivity (Wildman–Crippen MR) is 82.1 cm³/mol. The van der Waals surface area contributed by atoms with E-state index in [1.165, 1.54) is 6.42 Å². The van der Waals surface area contributed by atoms with Gasteiger partial charge in [0.15, 0.2) is 5.82 Å². The van der Waals surface area contributed by atoms with Gasteiger partial charge in [-0.05, 0) is 25.5 Å². The van der Waals surface area contributed by atoms with Gasteiger partial charge in [-0.2, -0.15) is 0 Å². The number of para-hydroxylation sites is 2. The molecule has 1 heterocycles. The molecule has 0 amide bonds. The Morgan fingerprint density at radius 2 is 1.79 bits per heavy atom. The lowest BCUT2D eigenvalue weighted by Gasteiger charge is -2.24. The van der Waals surface area contributed by atoms with E-state index in [0.717, 1.165) is 42.1 Å². The second kappa shape index (κ2) is 6.71. The van der Waals surface area contributed by atoms with Gasteiger partial charge in [0.05, 0.1) is 16.7 Å². The largest absolute Gasteiger partial charge is 0.354 e. The molecule has 0 spiro atoms.